The van der Waals surface area contributed by atoms with Crippen molar-refractivity contribution in [2.24, 2.45) is 5.92 Å². The maximum absolute atomic E-state index is 11.1. The van der Waals surface area contributed by atoms with Gasteiger partial charge in [0.15, 0.2) is 0 Å². The molecule has 98 valence electrons. The molecule has 0 bridgehead atoms. The Bertz CT molecular complexity index is 412. The van der Waals surface area contributed by atoms with Crippen molar-refractivity contribution in [3.8, 4) is 0 Å². The van der Waals surface area contributed by atoms with Crippen LogP contribution in [-0.4, -0.2) is 22.1 Å². The zero-order valence-electron chi connectivity index (χ0n) is 10.7. The van der Waals surface area contributed by atoms with Crippen LogP contribution in [0.1, 0.15) is 49.4 Å². The molecule has 1 aliphatic carbocycles. The number of rotatable bonds is 4. The molecule has 0 aliphatic heterocycles. The topological polar surface area (TPSA) is 62.2 Å². The normalized spacial score (nSPS) is 23.6. The van der Waals surface area contributed by atoms with Crippen molar-refractivity contribution in [3.63, 3.8) is 0 Å². The van der Waals surface area contributed by atoms with E-state index in [0.717, 1.165) is 18.8 Å². The summed E-state index contributed by atoms with van der Waals surface area (Å²) in [6.45, 7) is 2.24. The zero-order chi connectivity index (χ0) is 13.0. The van der Waals surface area contributed by atoms with Gasteiger partial charge in [-0.15, -0.1) is 0 Å². The lowest BCUT2D eigenvalue weighted by Gasteiger charge is -2.29. The van der Waals surface area contributed by atoms with Gasteiger partial charge in [0, 0.05) is 12.2 Å². The first-order valence-electron chi connectivity index (χ1n) is 6.64. The first-order chi connectivity index (χ1) is 8.70. The summed E-state index contributed by atoms with van der Waals surface area (Å²) in [4.78, 5) is 15.1. The highest BCUT2D eigenvalue weighted by molar-refractivity contribution is 5.93. The largest absolute Gasteiger partial charge is 0.478 e. The molecule has 1 heterocycles. The monoisotopic (exact) mass is 248 g/mol. The van der Waals surface area contributed by atoms with E-state index in [1.807, 2.05) is 0 Å². The van der Waals surface area contributed by atoms with Gasteiger partial charge in [0.25, 0.3) is 0 Å². The van der Waals surface area contributed by atoms with Crippen LogP contribution in [0.3, 0.4) is 0 Å². The summed E-state index contributed by atoms with van der Waals surface area (Å²) < 4.78 is 0. The fourth-order valence-electron chi connectivity index (χ4n) is 2.63. The lowest BCUT2D eigenvalue weighted by molar-refractivity contribution is 0.0697. The second-order valence-electron chi connectivity index (χ2n) is 5.00. The highest BCUT2D eigenvalue weighted by atomic mass is 16.4. The Labute approximate surface area is 107 Å². The Morgan fingerprint density at radius 3 is 2.78 bits per heavy atom. The quantitative estimate of drug-likeness (QED) is 0.859. The summed E-state index contributed by atoms with van der Waals surface area (Å²) in [7, 11) is 0. The smallest absolute Gasteiger partial charge is 0.337 e. The minimum Gasteiger partial charge on any atom is -0.478 e. The molecule has 0 unspecified atom stereocenters. The van der Waals surface area contributed by atoms with Gasteiger partial charge in [-0.05, 0) is 37.7 Å². The minimum absolute atomic E-state index is 0.308. The van der Waals surface area contributed by atoms with Crippen molar-refractivity contribution < 1.29 is 9.90 Å². The van der Waals surface area contributed by atoms with Gasteiger partial charge >= 0.3 is 5.97 Å². The van der Waals surface area contributed by atoms with Crippen LogP contribution < -0.4 is 5.32 Å². The van der Waals surface area contributed by atoms with Gasteiger partial charge in [-0.3, -0.25) is 4.98 Å². The predicted octanol–water partition coefficient (Wildman–Crippen LogP) is 3.16. The molecule has 1 saturated carbocycles. The minimum atomic E-state index is -0.901. The molecule has 0 aromatic carbocycles. The number of aromatic carboxylic acids is 1. The maximum atomic E-state index is 11.1. The second kappa shape index (κ2) is 5.85. The van der Waals surface area contributed by atoms with Crippen LogP contribution in [-0.2, 0) is 0 Å². The van der Waals surface area contributed by atoms with Gasteiger partial charge in [-0.2, -0.15) is 0 Å². The summed E-state index contributed by atoms with van der Waals surface area (Å²) in [6, 6.07) is 1.93. The van der Waals surface area contributed by atoms with Crippen LogP contribution in [0.4, 0.5) is 5.69 Å². The fraction of sp³-hybridized carbons (Fsp3) is 0.571. The molecule has 0 saturated heterocycles. The number of carboxylic acids is 1. The van der Waals surface area contributed by atoms with E-state index in [2.05, 4.69) is 17.2 Å². The van der Waals surface area contributed by atoms with Gasteiger partial charge < -0.3 is 10.4 Å². The third kappa shape index (κ3) is 3.00. The number of pyridine rings is 1. The molecule has 1 aliphatic rings. The predicted molar refractivity (Wildman–Crippen MR) is 70.9 cm³/mol. The summed E-state index contributed by atoms with van der Waals surface area (Å²) in [6.07, 6.45) is 9.07. The summed E-state index contributed by atoms with van der Waals surface area (Å²) in [5.74, 6) is -0.0574. The Morgan fingerprint density at radius 1 is 1.44 bits per heavy atom. The van der Waals surface area contributed by atoms with E-state index < -0.39 is 5.97 Å². The van der Waals surface area contributed by atoms with E-state index in [-0.39, 0.29) is 0 Å². The molecule has 2 N–H and O–H groups in total. The van der Waals surface area contributed by atoms with E-state index in [1.54, 1.807) is 12.3 Å². The summed E-state index contributed by atoms with van der Waals surface area (Å²) >= 11 is 0. The molecule has 4 heteroatoms. The first-order valence-corrected chi connectivity index (χ1v) is 6.64. The molecular formula is C14H20N2O2. The average Bonchev–Trinajstić information content (AvgIpc) is 2.40. The number of aromatic nitrogens is 1. The van der Waals surface area contributed by atoms with E-state index >= 15 is 0 Å². The number of anilines is 1. The highest BCUT2D eigenvalue weighted by Gasteiger charge is 2.21. The molecule has 1 aromatic heterocycles. The molecular weight excluding hydrogens is 228 g/mol. The lowest BCUT2D eigenvalue weighted by Crippen LogP contribution is -2.26. The van der Waals surface area contributed by atoms with Crippen LogP contribution in [0.5, 0.6) is 0 Å². The van der Waals surface area contributed by atoms with Gasteiger partial charge in [-0.25, -0.2) is 4.79 Å². The summed E-state index contributed by atoms with van der Waals surface area (Å²) in [5, 5.41) is 12.4. The van der Waals surface area contributed by atoms with E-state index in [4.69, 9.17) is 5.11 Å². The fourth-order valence-corrected chi connectivity index (χ4v) is 2.63. The zero-order valence-corrected chi connectivity index (χ0v) is 10.7. The molecule has 0 spiro atoms. The number of hydrogen-bond acceptors (Lipinski definition) is 3. The lowest BCUT2D eigenvalue weighted by atomic mass is 9.84. The van der Waals surface area contributed by atoms with Gasteiger partial charge in [0.05, 0.1) is 17.4 Å². The number of hydrogen-bond donors (Lipinski definition) is 2. The van der Waals surface area contributed by atoms with Crippen molar-refractivity contribution in [2.75, 3.05) is 5.32 Å². The van der Waals surface area contributed by atoms with Crippen molar-refractivity contribution >= 4 is 11.7 Å². The molecule has 2 rings (SSSR count). The van der Waals surface area contributed by atoms with Gasteiger partial charge in [-0.1, -0.05) is 13.3 Å². The SMILES string of the molecule is CCC1CCC(Nc2cnccc2C(=O)O)CC1. The highest BCUT2D eigenvalue weighted by Crippen LogP contribution is 2.29. The Balaban J connectivity index is 2.00. The van der Waals surface area contributed by atoms with Crippen LogP contribution >= 0.6 is 0 Å². The molecule has 4 nitrogen and oxygen atoms in total. The number of nitrogens with one attached hydrogen (secondary N) is 1. The molecule has 1 aromatic rings. The molecule has 18 heavy (non-hydrogen) atoms. The second-order valence-corrected chi connectivity index (χ2v) is 5.00. The van der Waals surface area contributed by atoms with E-state index in [1.165, 1.54) is 25.5 Å². The molecule has 0 amide bonds. The number of carbonyl (C=O) groups is 1. The van der Waals surface area contributed by atoms with E-state index in [0.29, 0.717) is 17.3 Å². The Morgan fingerprint density at radius 2 is 2.17 bits per heavy atom. The van der Waals surface area contributed by atoms with Crippen molar-refractivity contribution in [3.05, 3.63) is 24.0 Å². The Kier molecular flexibility index (Phi) is 4.18. The van der Waals surface area contributed by atoms with Gasteiger partial charge in [0.1, 0.15) is 0 Å². The first kappa shape index (κ1) is 12.9. The molecule has 1 fully saturated rings. The maximum Gasteiger partial charge on any atom is 0.337 e. The number of nitrogens with zero attached hydrogens (tertiary/aromatic N) is 1. The third-order valence-corrected chi connectivity index (χ3v) is 3.84. The summed E-state index contributed by atoms with van der Waals surface area (Å²) in [5.41, 5.74) is 0.951. The van der Waals surface area contributed by atoms with Gasteiger partial charge in [0.2, 0.25) is 0 Å². The Hall–Kier alpha value is -1.58. The van der Waals surface area contributed by atoms with Crippen molar-refractivity contribution in [1.29, 1.82) is 0 Å². The molecule has 0 radical (unpaired) electrons. The third-order valence-electron chi connectivity index (χ3n) is 3.84. The number of carboxylic acid groups (broad SMARTS) is 1. The van der Waals surface area contributed by atoms with Crippen LogP contribution in [0.2, 0.25) is 0 Å². The van der Waals surface area contributed by atoms with Crippen LogP contribution in [0.25, 0.3) is 0 Å². The average molecular weight is 248 g/mol. The van der Waals surface area contributed by atoms with E-state index in [9.17, 15) is 4.79 Å². The standard InChI is InChI=1S/C14H20N2O2/c1-2-10-3-5-11(6-4-10)16-13-9-15-8-7-12(13)14(17)18/h7-11,16H,2-6H2,1H3,(H,17,18). The van der Waals surface area contributed by atoms with Crippen molar-refractivity contribution in [1.82, 2.24) is 4.98 Å². The molecule has 0 atom stereocenters. The van der Waals surface area contributed by atoms with Crippen molar-refractivity contribution in [2.45, 2.75) is 45.1 Å². The van der Waals surface area contributed by atoms with Crippen LogP contribution in [0.15, 0.2) is 18.5 Å². The van der Waals surface area contributed by atoms with Crippen LogP contribution in [0, 0.1) is 5.92 Å².